The molecule has 0 unspecified atom stereocenters. The van der Waals surface area contributed by atoms with Crippen molar-refractivity contribution in [2.75, 3.05) is 17.3 Å². The highest BCUT2D eigenvalue weighted by Crippen LogP contribution is 2.44. The molecule has 3 heterocycles. The van der Waals surface area contributed by atoms with Crippen LogP contribution in [0, 0.1) is 5.82 Å². The molecule has 0 spiro atoms. The average Bonchev–Trinajstić information content (AvgIpc) is 3.48. The molecule has 188 valence electrons. The summed E-state index contributed by atoms with van der Waals surface area (Å²) in [7, 11) is 1.54. The summed E-state index contributed by atoms with van der Waals surface area (Å²) < 4.78 is 27.0. The molecule has 1 aliphatic rings. The largest absolute Gasteiger partial charge is 0.495 e. The molecule has 0 aliphatic carbocycles. The van der Waals surface area contributed by atoms with Crippen LogP contribution in [0.3, 0.4) is 0 Å². The number of carbonyl (C=O) groups is 1. The van der Waals surface area contributed by atoms with E-state index < -0.39 is 11.9 Å². The van der Waals surface area contributed by atoms with Gasteiger partial charge in [0, 0.05) is 23.3 Å². The molecule has 1 aliphatic heterocycles. The number of ether oxygens (including phenoxy) is 1. The highest BCUT2D eigenvalue weighted by molar-refractivity contribution is 9.10. The third-order valence-corrected chi connectivity index (χ3v) is 6.79. The SMILES string of the molecule is COc1ccc(N2C(=S)N[C@@H](c3ccccn3)[C@H]2c2ccc(-c3ccc(Br)cc3F)o2)cc1NC(C)=O. The minimum absolute atomic E-state index is 0.229. The Kier molecular flexibility index (Phi) is 6.94. The van der Waals surface area contributed by atoms with Crippen LogP contribution in [0.1, 0.15) is 30.5 Å². The molecular formula is C27H22BrFN4O3S. The third kappa shape index (κ3) is 4.94. The molecule has 1 saturated heterocycles. The van der Waals surface area contributed by atoms with Gasteiger partial charge in [0.15, 0.2) is 5.11 Å². The Hall–Kier alpha value is -3.76. The Balaban J connectivity index is 1.61. The number of anilines is 2. The standard InChI is InChI=1S/C27H22BrFN4O3S/c1-15(34)31-21-14-17(7-9-23(21)35-2)33-26(25(32-27(33)37)20-5-3-4-12-30-20)24-11-10-22(36-24)18-8-6-16(28)13-19(18)29/h3-14,25-26H,1-2H3,(H,31,34)(H,32,37)/t25-,26+/m0/s1. The molecule has 1 amide bonds. The maximum absolute atomic E-state index is 14.7. The van der Waals surface area contributed by atoms with Crippen molar-refractivity contribution in [2.45, 2.75) is 19.0 Å². The van der Waals surface area contributed by atoms with Crippen molar-refractivity contribution in [3.05, 3.63) is 94.7 Å². The minimum atomic E-state index is -0.451. The molecule has 1 fully saturated rings. The molecule has 4 aromatic rings. The van der Waals surface area contributed by atoms with Gasteiger partial charge in [0.2, 0.25) is 5.91 Å². The summed E-state index contributed by atoms with van der Waals surface area (Å²) in [5, 5.41) is 6.61. The summed E-state index contributed by atoms with van der Waals surface area (Å²) in [5.41, 5.74) is 2.33. The summed E-state index contributed by atoms with van der Waals surface area (Å²) in [6.45, 7) is 1.43. The maximum Gasteiger partial charge on any atom is 0.221 e. The molecule has 2 N–H and O–H groups in total. The first kappa shape index (κ1) is 24.9. The van der Waals surface area contributed by atoms with Gasteiger partial charge in [-0.15, -0.1) is 0 Å². The van der Waals surface area contributed by atoms with E-state index in [-0.39, 0.29) is 11.9 Å². The highest BCUT2D eigenvalue weighted by atomic mass is 79.9. The number of halogens is 2. The van der Waals surface area contributed by atoms with Gasteiger partial charge in [-0.2, -0.15) is 0 Å². The van der Waals surface area contributed by atoms with E-state index >= 15 is 0 Å². The number of carbonyl (C=O) groups excluding carboxylic acids is 1. The first-order chi connectivity index (χ1) is 17.9. The Labute approximate surface area is 226 Å². The summed E-state index contributed by atoms with van der Waals surface area (Å²) in [5.74, 6) is 0.848. The van der Waals surface area contributed by atoms with Crippen molar-refractivity contribution < 1.29 is 18.3 Å². The van der Waals surface area contributed by atoms with Gasteiger partial charge in [-0.25, -0.2) is 4.39 Å². The second-order valence-corrected chi connectivity index (χ2v) is 9.69. The van der Waals surface area contributed by atoms with Crippen LogP contribution in [-0.4, -0.2) is 23.1 Å². The van der Waals surface area contributed by atoms with Crippen LogP contribution < -0.4 is 20.3 Å². The summed E-state index contributed by atoms with van der Waals surface area (Å²) in [4.78, 5) is 18.3. The molecule has 10 heteroatoms. The Bertz CT molecular complexity index is 1480. The zero-order valence-corrected chi connectivity index (χ0v) is 22.3. The Morgan fingerprint density at radius 1 is 1.19 bits per heavy atom. The predicted molar refractivity (Wildman–Crippen MR) is 147 cm³/mol. The summed E-state index contributed by atoms with van der Waals surface area (Å²) >= 11 is 9.06. The van der Waals surface area contributed by atoms with E-state index in [9.17, 15) is 9.18 Å². The monoisotopic (exact) mass is 580 g/mol. The van der Waals surface area contributed by atoms with Gasteiger partial charge in [0.05, 0.1) is 30.1 Å². The lowest BCUT2D eigenvalue weighted by atomic mass is 10.0. The van der Waals surface area contributed by atoms with Crippen molar-refractivity contribution in [3.8, 4) is 17.1 Å². The van der Waals surface area contributed by atoms with Crippen molar-refractivity contribution in [3.63, 3.8) is 0 Å². The van der Waals surface area contributed by atoms with Crippen LogP contribution in [0.5, 0.6) is 5.75 Å². The van der Waals surface area contributed by atoms with Crippen molar-refractivity contribution >= 4 is 50.5 Å². The molecule has 2 aromatic heterocycles. The average molecular weight is 581 g/mol. The fourth-order valence-corrected chi connectivity index (χ4v) is 5.08. The minimum Gasteiger partial charge on any atom is -0.495 e. The van der Waals surface area contributed by atoms with Crippen molar-refractivity contribution in [2.24, 2.45) is 0 Å². The zero-order valence-electron chi connectivity index (χ0n) is 19.9. The van der Waals surface area contributed by atoms with Crippen LogP contribution in [0.25, 0.3) is 11.3 Å². The second kappa shape index (κ2) is 10.3. The fraction of sp³-hybridized carbons (Fsp3) is 0.148. The number of nitrogens with zero attached hydrogens (tertiary/aromatic N) is 2. The molecule has 37 heavy (non-hydrogen) atoms. The first-order valence-electron chi connectivity index (χ1n) is 11.4. The summed E-state index contributed by atoms with van der Waals surface area (Å²) in [6, 6.07) is 18.6. The molecule has 5 rings (SSSR count). The van der Waals surface area contributed by atoms with Crippen LogP contribution in [0.15, 0.2) is 81.8 Å². The van der Waals surface area contributed by atoms with Crippen molar-refractivity contribution in [1.29, 1.82) is 0 Å². The lowest BCUT2D eigenvalue weighted by molar-refractivity contribution is -0.114. The maximum atomic E-state index is 14.7. The normalized spacial score (nSPS) is 17.0. The number of rotatable bonds is 6. The van der Waals surface area contributed by atoms with Gasteiger partial charge >= 0.3 is 0 Å². The topological polar surface area (TPSA) is 79.6 Å². The molecule has 0 radical (unpaired) electrons. The van der Waals surface area contributed by atoms with Gasteiger partial charge < -0.3 is 24.7 Å². The van der Waals surface area contributed by atoms with E-state index in [1.54, 1.807) is 36.5 Å². The smallest absolute Gasteiger partial charge is 0.221 e. The van der Waals surface area contributed by atoms with E-state index in [2.05, 4.69) is 31.5 Å². The number of pyridine rings is 1. The molecule has 0 saturated carbocycles. The van der Waals surface area contributed by atoms with Gasteiger partial charge in [0.1, 0.15) is 29.1 Å². The number of hydrogen-bond donors (Lipinski definition) is 2. The molecule has 0 bridgehead atoms. The van der Waals surface area contributed by atoms with Crippen LogP contribution in [0.4, 0.5) is 15.8 Å². The number of methoxy groups -OCH3 is 1. The number of aromatic nitrogens is 1. The third-order valence-electron chi connectivity index (χ3n) is 5.98. The van der Waals surface area contributed by atoms with E-state index in [4.69, 9.17) is 21.4 Å². The zero-order chi connectivity index (χ0) is 26.1. The van der Waals surface area contributed by atoms with Crippen LogP contribution in [-0.2, 0) is 4.79 Å². The predicted octanol–water partition coefficient (Wildman–Crippen LogP) is 6.39. The van der Waals surface area contributed by atoms with Gasteiger partial charge in [-0.1, -0.05) is 22.0 Å². The molecular weight excluding hydrogens is 559 g/mol. The molecule has 2 aromatic carbocycles. The van der Waals surface area contributed by atoms with Gasteiger partial charge in [-0.3, -0.25) is 9.78 Å². The molecule has 7 nitrogen and oxygen atoms in total. The fourth-order valence-electron chi connectivity index (χ4n) is 4.40. The van der Waals surface area contributed by atoms with E-state index in [1.807, 2.05) is 35.2 Å². The van der Waals surface area contributed by atoms with Crippen LogP contribution >= 0.6 is 28.1 Å². The lowest BCUT2D eigenvalue weighted by Crippen LogP contribution is -2.29. The molecule has 2 atom stereocenters. The van der Waals surface area contributed by atoms with Crippen molar-refractivity contribution in [1.82, 2.24) is 10.3 Å². The number of nitrogens with one attached hydrogen (secondary N) is 2. The number of thiocarbonyl (C=S) groups is 1. The number of hydrogen-bond acceptors (Lipinski definition) is 5. The quantitative estimate of drug-likeness (QED) is 0.256. The van der Waals surface area contributed by atoms with Crippen LogP contribution in [0.2, 0.25) is 0 Å². The highest BCUT2D eigenvalue weighted by Gasteiger charge is 2.43. The lowest BCUT2D eigenvalue weighted by Gasteiger charge is -2.27. The Morgan fingerprint density at radius 3 is 2.73 bits per heavy atom. The van der Waals surface area contributed by atoms with E-state index in [0.29, 0.717) is 43.8 Å². The number of benzene rings is 2. The Morgan fingerprint density at radius 2 is 2.03 bits per heavy atom. The number of furan rings is 1. The number of amides is 1. The second-order valence-electron chi connectivity index (χ2n) is 8.39. The summed E-state index contributed by atoms with van der Waals surface area (Å²) in [6.07, 6.45) is 1.72. The van der Waals surface area contributed by atoms with Gasteiger partial charge in [0.25, 0.3) is 0 Å². The van der Waals surface area contributed by atoms with E-state index in [1.165, 1.54) is 20.1 Å². The van der Waals surface area contributed by atoms with E-state index in [0.717, 1.165) is 5.69 Å². The first-order valence-corrected chi connectivity index (χ1v) is 12.6. The van der Waals surface area contributed by atoms with Gasteiger partial charge in [-0.05, 0) is 72.9 Å².